The van der Waals surface area contributed by atoms with E-state index < -0.39 is 0 Å². The molecule has 0 saturated heterocycles. The van der Waals surface area contributed by atoms with Crippen molar-refractivity contribution in [3.63, 3.8) is 0 Å². The van der Waals surface area contributed by atoms with Crippen LogP contribution in [0, 0.1) is 0 Å². The van der Waals surface area contributed by atoms with E-state index in [1.54, 1.807) is 0 Å². The summed E-state index contributed by atoms with van der Waals surface area (Å²) in [7, 11) is 0. The van der Waals surface area contributed by atoms with Gasteiger partial charge in [0, 0.05) is 13.1 Å². The quantitative estimate of drug-likeness (QED) is 0.376. The van der Waals surface area contributed by atoms with E-state index in [9.17, 15) is 0 Å². The van der Waals surface area contributed by atoms with Gasteiger partial charge in [0.05, 0.1) is 5.69 Å². The van der Waals surface area contributed by atoms with Crippen molar-refractivity contribution in [3.05, 3.63) is 29.3 Å². The summed E-state index contributed by atoms with van der Waals surface area (Å²) in [5, 5.41) is 3.25. The maximum absolute atomic E-state index is 5.54. The molecule has 0 unspecified atom stereocenters. The maximum atomic E-state index is 5.54. The molecule has 0 aromatic heterocycles. The van der Waals surface area contributed by atoms with Crippen LogP contribution in [0.15, 0.2) is 28.2 Å². The Balaban J connectivity index is 2.26. The van der Waals surface area contributed by atoms with E-state index in [-0.39, 0.29) is 11.9 Å². The van der Waals surface area contributed by atoms with E-state index in [1.807, 2.05) is 18.2 Å². The lowest BCUT2D eigenvalue weighted by Gasteiger charge is -2.00. The van der Waals surface area contributed by atoms with Gasteiger partial charge in [-0.1, -0.05) is 6.07 Å². The molecule has 0 saturated carbocycles. The normalized spacial score (nSPS) is 14.6. The molecule has 0 fully saturated rings. The van der Waals surface area contributed by atoms with Crippen LogP contribution in [-0.2, 0) is 13.1 Å². The maximum Gasteiger partial charge on any atom is 0.223 e. The Hall–Kier alpha value is -2.08. The number of hydrogen-bond donors (Lipinski definition) is 4. The van der Waals surface area contributed by atoms with Crippen molar-refractivity contribution in [2.45, 2.75) is 13.1 Å². The van der Waals surface area contributed by atoms with Crippen molar-refractivity contribution in [1.82, 2.24) is 5.32 Å². The lowest BCUT2D eigenvalue weighted by Crippen LogP contribution is -2.26. The van der Waals surface area contributed by atoms with Crippen LogP contribution in [0.5, 0.6) is 0 Å². The topological polar surface area (TPSA) is 115 Å². The van der Waals surface area contributed by atoms with E-state index in [0.717, 1.165) is 18.8 Å². The molecule has 2 rings (SSSR count). The molecular weight excluding hydrogens is 204 g/mol. The highest BCUT2D eigenvalue weighted by Crippen LogP contribution is 2.21. The Morgan fingerprint density at radius 3 is 2.62 bits per heavy atom. The minimum atomic E-state index is -0.0934. The molecule has 6 heteroatoms. The molecule has 0 amide bonds. The zero-order chi connectivity index (χ0) is 11.5. The Kier molecular flexibility index (Phi) is 2.74. The van der Waals surface area contributed by atoms with Gasteiger partial charge in [-0.05, 0) is 23.3 Å². The molecule has 84 valence electrons. The minimum Gasteiger partial charge on any atom is -0.370 e. The van der Waals surface area contributed by atoms with Gasteiger partial charge < -0.3 is 22.5 Å². The second-order valence-corrected chi connectivity index (χ2v) is 3.56. The third kappa shape index (κ3) is 2.29. The molecule has 0 atom stereocenters. The first-order chi connectivity index (χ1) is 7.65. The van der Waals surface area contributed by atoms with Gasteiger partial charge in [-0.25, -0.2) is 4.99 Å². The number of nitrogens with two attached hydrogens (primary N) is 3. The SMILES string of the molecule is NC(N)=NC(N)=Nc1ccc2c(c1)CNC2. The predicted octanol–water partition coefficient (Wildman–Crippen LogP) is -0.491. The van der Waals surface area contributed by atoms with Gasteiger partial charge in [0.25, 0.3) is 0 Å². The molecular formula is C10H14N6. The summed E-state index contributed by atoms with van der Waals surface area (Å²) in [6.45, 7) is 1.77. The molecule has 0 radical (unpaired) electrons. The minimum absolute atomic E-state index is 0.0610. The van der Waals surface area contributed by atoms with Gasteiger partial charge in [0.1, 0.15) is 0 Å². The van der Waals surface area contributed by atoms with Gasteiger partial charge in [0.2, 0.25) is 5.96 Å². The number of nitrogens with zero attached hydrogens (tertiary/aromatic N) is 2. The fourth-order valence-electron chi connectivity index (χ4n) is 1.64. The summed E-state index contributed by atoms with van der Waals surface area (Å²) >= 11 is 0. The first-order valence-electron chi connectivity index (χ1n) is 4.91. The van der Waals surface area contributed by atoms with Gasteiger partial charge >= 0.3 is 0 Å². The number of hydrogen-bond acceptors (Lipinski definition) is 2. The van der Waals surface area contributed by atoms with Crippen LogP contribution in [0.1, 0.15) is 11.1 Å². The van der Waals surface area contributed by atoms with Crippen LogP contribution in [-0.4, -0.2) is 11.9 Å². The highest BCUT2D eigenvalue weighted by atomic mass is 15.1. The summed E-state index contributed by atoms with van der Waals surface area (Å²) < 4.78 is 0. The van der Waals surface area contributed by atoms with E-state index in [0.29, 0.717) is 0 Å². The highest BCUT2D eigenvalue weighted by Gasteiger charge is 2.09. The Morgan fingerprint density at radius 2 is 1.88 bits per heavy atom. The third-order valence-corrected chi connectivity index (χ3v) is 2.31. The third-order valence-electron chi connectivity index (χ3n) is 2.31. The van der Waals surface area contributed by atoms with Crippen molar-refractivity contribution in [2.24, 2.45) is 27.2 Å². The van der Waals surface area contributed by atoms with Crippen molar-refractivity contribution < 1.29 is 0 Å². The van der Waals surface area contributed by atoms with Crippen LogP contribution in [0.3, 0.4) is 0 Å². The first kappa shape index (κ1) is 10.4. The summed E-state index contributed by atoms with van der Waals surface area (Å²) in [5.74, 6) is -0.0324. The molecule has 7 N–H and O–H groups in total. The number of rotatable bonds is 1. The molecule has 1 aliphatic heterocycles. The summed E-state index contributed by atoms with van der Waals surface area (Å²) in [6.07, 6.45) is 0. The molecule has 0 aliphatic carbocycles. The molecule has 1 aliphatic rings. The molecule has 0 bridgehead atoms. The van der Waals surface area contributed by atoms with Crippen molar-refractivity contribution >= 4 is 17.6 Å². The van der Waals surface area contributed by atoms with E-state index in [4.69, 9.17) is 17.2 Å². The smallest absolute Gasteiger partial charge is 0.223 e. The van der Waals surface area contributed by atoms with Crippen molar-refractivity contribution in [2.75, 3.05) is 0 Å². The summed E-state index contributed by atoms with van der Waals surface area (Å²) in [4.78, 5) is 7.75. The average Bonchev–Trinajstić information content (AvgIpc) is 2.63. The van der Waals surface area contributed by atoms with Crippen LogP contribution >= 0.6 is 0 Å². The van der Waals surface area contributed by atoms with Crippen LogP contribution in [0.25, 0.3) is 0 Å². The standard InChI is InChI=1S/C10H14N6/c11-9(12)16-10(13)15-8-2-1-6-4-14-5-7(6)3-8/h1-3,14H,4-5H2,(H6,11,12,13,15,16). The van der Waals surface area contributed by atoms with Crippen LogP contribution < -0.4 is 22.5 Å². The average molecular weight is 218 g/mol. The first-order valence-corrected chi connectivity index (χ1v) is 4.91. The lowest BCUT2D eigenvalue weighted by molar-refractivity contribution is 0.765. The van der Waals surface area contributed by atoms with Gasteiger partial charge in [0.15, 0.2) is 5.96 Å². The van der Waals surface area contributed by atoms with Gasteiger partial charge in [-0.3, -0.25) is 0 Å². The van der Waals surface area contributed by atoms with Gasteiger partial charge in [-0.15, -0.1) is 0 Å². The summed E-state index contributed by atoms with van der Waals surface area (Å²) in [6, 6.07) is 5.89. The van der Waals surface area contributed by atoms with E-state index in [2.05, 4.69) is 15.3 Å². The number of aliphatic imine (C=N–C) groups is 2. The van der Waals surface area contributed by atoms with Crippen LogP contribution in [0.4, 0.5) is 5.69 Å². The molecule has 1 aromatic rings. The number of guanidine groups is 2. The van der Waals surface area contributed by atoms with Crippen molar-refractivity contribution in [3.8, 4) is 0 Å². The molecule has 1 aromatic carbocycles. The van der Waals surface area contributed by atoms with Gasteiger partial charge in [-0.2, -0.15) is 4.99 Å². The Morgan fingerprint density at radius 1 is 1.12 bits per heavy atom. The van der Waals surface area contributed by atoms with Crippen LogP contribution in [0.2, 0.25) is 0 Å². The molecule has 16 heavy (non-hydrogen) atoms. The largest absolute Gasteiger partial charge is 0.370 e. The Labute approximate surface area is 93.2 Å². The van der Waals surface area contributed by atoms with Crippen molar-refractivity contribution in [1.29, 1.82) is 0 Å². The predicted molar refractivity (Wildman–Crippen MR) is 64.1 cm³/mol. The zero-order valence-electron chi connectivity index (χ0n) is 8.77. The monoisotopic (exact) mass is 218 g/mol. The number of benzene rings is 1. The van der Waals surface area contributed by atoms with E-state index >= 15 is 0 Å². The fourth-order valence-corrected chi connectivity index (χ4v) is 1.64. The summed E-state index contributed by atoms with van der Waals surface area (Å²) in [5.41, 5.74) is 19.2. The number of fused-ring (bicyclic) bond motifs is 1. The lowest BCUT2D eigenvalue weighted by atomic mass is 10.1. The molecule has 1 heterocycles. The number of nitrogens with one attached hydrogen (secondary N) is 1. The molecule has 0 spiro atoms. The molecule has 6 nitrogen and oxygen atoms in total. The highest BCUT2D eigenvalue weighted by molar-refractivity contribution is 5.93. The fraction of sp³-hybridized carbons (Fsp3) is 0.200. The Bertz CT molecular complexity index is 458. The van der Waals surface area contributed by atoms with E-state index in [1.165, 1.54) is 11.1 Å². The second kappa shape index (κ2) is 4.19. The zero-order valence-corrected chi connectivity index (χ0v) is 8.77. The second-order valence-electron chi connectivity index (χ2n) is 3.56.